The Morgan fingerprint density at radius 2 is 1.59 bits per heavy atom. The van der Waals surface area contributed by atoms with Gasteiger partial charge in [0.1, 0.15) is 5.70 Å². The maximum atomic E-state index is 12.9. The summed E-state index contributed by atoms with van der Waals surface area (Å²) < 4.78 is 0.917. The van der Waals surface area contributed by atoms with Gasteiger partial charge in [0.25, 0.3) is 11.8 Å². The molecule has 29 heavy (non-hydrogen) atoms. The largest absolute Gasteiger partial charge is 0.321 e. The van der Waals surface area contributed by atoms with Gasteiger partial charge in [-0.3, -0.25) is 9.59 Å². The lowest BCUT2D eigenvalue weighted by atomic mass is 10.1. The predicted octanol–water partition coefficient (Wildman–Crippen LogP) is 5.82. The Hall–Kier alpha value is -2.89. The first-order chi connectivity index (χ1) is 13.9. The topological polar surface area (TPSA) is 58.2 Å². The van der Waals surface area contributed by atoms with E-state index in [0.717, 1.165) is 15.6 Å². The van der Waals surface area contributed by atoms with E-state index in [4.69, 9.17) is 11.6 Å². The zero-order chi connectivity index (χ0) is 20.8. The second-order valence-electron chi connectivity index (χ2n) is 6.36. The molecule has 0 aromatic heterocycles. The summed E-state index contributed by atoms with van der Waals surface area (Å²) in [5, 5.41) is 5.80. The van der Waals surface area contributed by atoms with Crippen molar-refractivity contribution < 1.29 is 9.59 Å². The molecule has 0 saturated carbocycles. The lowest BCUT2D eigenvalue weighted by molar-refractivity contribution is -0.113. The highest BCUT2D eigenvalue weighted by molar-refractivity contribution is 9.10. The second kappa shape index (κ2) is 9.54. The molecule has 6 heteroatoms. The van der Waals surface area contributed by atoms with Gasteiger partial charge in [-0.2, -0.15) is 0 Å². The smallest absolute Gasteiger partial charge is 0.272 e. The number of rotatable bonds is 5. The van der Waals surface area contributed by atoms with Crippen molar-refractivity contribution in [3.63, 3.8) is 0 Å². The van der Waals surface area contributed by atoms with E-state index in [1.165, 1.54) is 0 Å². The molecule has 0 atom stereocenters. The molecule has 146 valence electrons. The third kappa shape index (κ3) is 5.79. The number of aryl methyl sites for hydroxylation is 1. The van der Waals surface area contributed by atoms with Gasteiger partial charge in [-0.1, -0.05) is 69.5 Å². The molecule has 0 fully saturated rings. The van der Waals surface area contributed by atoms with Crippen molar-refractivity contribution in [2.45, 2.75) is 6.92 Å². The highest BCUT2D eigenvalue weighted by atomic mass is 79.9. The fraction of sp³-hybridized carbons (Fsp3) is 0.0435. The summed E-state index contributed by atoms with van der Waals surface area (Å²) >= 11 is 9.50. The fourth-order valence-electron chi connectivity index (χ4n) is 2.55. The van der Waals surface area contributed by atoms with Crippen LogP contribution in [0, 0.1) is 6.92 Å². The van der Waals surface area contributed by atoms with E-state index < -0.39 is 11.8 Å². The van der Waals surface area contributed by atoms with E-state index in [1.807, 2.05) is 43.3 Å². The molecule has 2 N–H and O–H groups in total. The zero-order valence-corrected chi connectivity index (χ0v) is 17.9. The van der Waals surface area contributed by atoms with Crippen molar-refractivity contribution >= 4 is 51.1 Å². The molecule has 0 bridgehead atoms. The second-order valence-corrected chi connectivity index (χ2v) is 7.69. The van der Waals surface area contributed by atoms with E-state index in [1.54, 1.807) is 42.5 Å². The molecular formula is C23H18BrClN2O2. The number of halogens is 2. The predicted molar refractivity (Wildman–Crippen MR) is 121 cm³/mol. The van der Waals surface area contributed by atoms with Crippen LogP contribution in [-0.4, -0.2) is 11.8 Å². The molecule has 0 spiro atoms. The van der Waals surface area contributed by atoms with Gasteiger partial charge in [0, 0.05) is 10.2 Å². The van der Waals surface area contributed by atoms with Crippen molar-refractivity contribution in [1.82, 2.24) is 5.32 Å². The SMILES string of the molecule is Cc1ccc(NC(=O)C(=Cc2ccc(Br)cc2)NC(=O)c2ccccc2Cl)cc1. The van der Waals surface area contributed by atoms with Crippen LogP contribution < -0.4 is 10.6 Å². The van der Waals surface area contributed by atoms with Crippen LogP contribution in [0.15, 0.2) is 83.0 Å². The number of benzene rings is 3. The Balaban J connectivity index is 1.89. The molecule has 0 radical (unpaired) electrons. The van der Waals surface area contributed by atoms with Gasteiger partial charge in [-0.05, 0) is 55.0 Å². The summed E-state index contributed by atoms with van der Waals surface area (Å²) in [6.07, 6.45) is 1.62. The van der Waals surface area contributed by atoms with Gasteiger partial charge in [-0.15, -0.1) is 0 Å². The lowest BCUT2D eigenvalue weighted by Gasteiger charge is -2.12. The van der Waals surface area contributed by atoms with Crippen LogP contribution in [0.5, 0.6) is 0 Å². The number of nitrogens with one attached hydrogen (secondary N) is 2. The van der Waals surface area contributed by atoms with Gasteiger partial charge in [0.2, 0.25) is 0 Å². The van der Waals surface area contributed by atoms with E-state index in [9.17, 15) is 9.59 Å². The molecule has 2 amide bonds. The Kier molecular flexibility index (Phi) is 6.86. The van der Waals surface area contributed by atoms with Crippen LogP contribution in [0.1, 0.15) is 21.5 Å². The minimum Gasteiger partial charge on any atom is -0.321 e. The van der Waals surface area contributed by atoms with Crippen molar-refractivity contribution in [1.29, 1.82) is 0 Å². The Bertz CT molecular complexity index is 1060. The van der Waals surface area contributed by atoms with E-state index >= 15 is 0 Å². The van der Waals surface area contributed by atoms with Crippen LogP contribution >= 0.6 is 27.5 Å². The summed E-state index contributed by atoms with van der Waals surface area (Å²) in [6.45, 7) is 1.97. The molecular weight excluding hydrogens is 452 g/mol. The van der Waals surface area contributed by atoms with Crippen LogP contribution in [0.3, 0.4) is 0 Å². The molecule has 3 aromatic rings. The number of hydrogen-bond donors (Lipinski definition) is 2. The quantitative estimate of drug-likeness (QED) is 0.463. The third-order valence-corrected chi connectivity index (χ3v) is 4.96. The van der Waals surface area contributed by atoms with E-state index in [0.29, 0.717) is 16.3 Å². The molecule has 3 rings (SSSR count). The van der Waals surface area contributed by atoms with E-state index in [-0.39, 0.29) is 5.70 Å². The monoisotopic (exact) mass is 468 g/mol. The Labute approximate surface area is 182 Å². The molecule has 0 aliphatic heterocycles. The molecule has 0 heterocycles. The molecule has 0 aliphatic carbocycles. The number of anilines is 1. The van der Waals surface area contributed by atoms with E-state index in [2.05, 4.69) is 26.6 Å². The zero-order valence-electron chi connectivity index (χ0n) is 15.6. The normalized spacial score (nSPS) is 11.1. The Morgan fingerprint density at radius 1 is 0.931 bits per heavy atom. The van der Waals surface area contributed by atoms with Crippen molar-refractivity contribution in [3.05, 3.63) is 105 Å². The summed E-state index contributed by atoms with van der Waals surface area (Å²) in [7, 11) is 0. The van der Waals surface area contributed by atoms with Gasteiger partial charge < -0.3 is 10.6 Å². The first kappa shape index (κ1) is 20.8. The minimum atomic E-state index is -0.460. The molecule has 0 aliphatic rings. The van der Waals surface area contributed by atoms with Crippen LogP contribution in [0.2, 0.25) is 5.02 Å². The third-order valence-electron chi connectivity index (χ3n) is 4.10. The summed E-state index contributed by atoms with van der Waals surface area (Å²) in [5.74, 6) is -0.893. The average molecular weight is 470 g/mol. The van der Waals surface area contributed by atoms with Crippen molar-refractivity contribution in [3.8, 4) is 0 Å². The van der Waals surface area contributed by atoms with Gasteiger partial charge in [-0.25, -0.2) is 0 Å². The summed E-state index contributed by atoms with van der Waals surface area (Å²) in [5.41, 5.74) is 2.88. The lowest BCUT2D eigenvalue weighted by Crippen LogP contribution is -2.30. The van der Waals surface area contributed by atoms with Gasteiger partial charge in [0.05, 0.1) is 10.6 Å². The molecule has 3 aromatic carbocycles. The molecule has 4 nitrogen and oxygen atoms in total. The van der Waals surface area contributed by atoms with Crippen LogP contribution in [0.4, 0.5) is 5.69 Å². The average Bonchev–Trinajstić information content (AvgIpc) is 2.71. The van der Waals surface area contributed by atoms with Crippen LogP contribution in [-0.2, 0) is 4.79 Å². The summed E-state index contributed by atoms with van der Waals surface area (Å²) in [6, 6.07) is 21.5. The van der Waals surface area contributed by atoms with Crippen molar-refractivity contribution in [2.24, 2.45) is 0 Å². The van der Waals surface area contributed by atoms with Gasteiger partial charge >= 0.3 is 0 Å². The first-order valence-corrected chi connectivity index (χ1v) is 10.0. The number of carbonyl (C=O) groups is 2. The first-order valence-electron chi connectivity index (χ1n) is 8.83. The number of hydrogen-bond acceptors (Lipinski definition) is 2. The standard InChI is InChI=1S/C23H18BrClN2O2/c1-15-6-12-18(13-7-15)26-23(29)21(14-16-8-10-17(24)11-9-16)27-22(28)19-4-2-3-5-20(19)25/h2-14H,1H3,(H,26,29)(H,27,28). The summed E-state index contributed by atoms with van der Waals surface area (Å²) in [4.78, 5) is 25.6. The molecule has 0 saturated heterocycles. The fourth-order valence-corrected chi connectivity index (χ4v) is 3.04. The minimum absolute atomic E-state index is 0.109. The number of amides is 2. The maximum absolute atomic E-state index is 12.9. The van der Waals surface area contributed by atoms with Crippen molar-refractivity contribution in [2.75, 3.05) is 5.32 Å². The van der Waals surface area contributed by atoms with Gasteiger partial charge in [0.15, 0.2) is 0 Å². The highest BCUT2D eigenvalue weighted by Crippen LogP contribution is 2.17. The highest BCUT2D eigenvalue weighted by Gasteiger charge is 2.16. The maximum Gasteiger partial charge on any atom is 0.272 e. The van der Waals surface area contributed by atoms with Crippen LogP contribution in [0.25, 0.3) is 6.08 Å². The Morgan fingerprint density at radius 3 is 2.24 bits per heavy atom. The number of carbonyl (C=O) groups excluding carboxylic acids is 2. The molecule has 0 unspecified atom stereocenters.